The van der Waals surface area contributed by atoms with Gasteiger partial charge in [0.05, 0.1) is 11.8 Å². The zero-order valence-electron chi connectivity index (χ0n) is 31.7. The van der Waals surface area contributed by atoms with Crippen LogP contribution in [0.25, 0.3) is 0 Å². The Hall–Kier alpha value is -1.69. The third kappa shape index (κ3) is 5.76. The summed E-state index contributed by atoms with van der Waals surface area (Å²) in [6.45, 7) is 26.6. The van der Waals surface area contributed by atoms with Crippen molar-refractivity contribution in [3.05, 3.63) is 11.1 Å². The SMILES string of the molecule is CC(C)CNCC[C@@]12CC[C@]3(C)[C@H](CCC4[C@@]5(C)CC[C@H](OC(=O)CC(C)(C)C(=O)O)C(C)(C)[C@H]5CC[C@]43C)C1=C(C(C)C)C(=O)C2. The number of ether oxygens (including phenoxy) is 1. The molecule has 8 atom stereocenters. The lowest BCUT2D eigenvalue weighted by molar-refractivity contribution is -0.233. The number of fused-ring (bicyclic) bond motifs is 7. The van der Waals surface area contributed by atoms with Crippen LogP contribution in [0.4, 0.5) is 0 Å². The minimum Gasteiger partial charge on any atom is -0.481 e. The molecule has 0 aromatic rings. The minimum absolute atomic E-state index is 0.0221. The molecule has 266 valence electrons. The zero-order chi connectivity index (χ0) is 35.0. The Balaban J connectivity index is 1.42. The maximum Gasteiger partial charge on any atom is 0.309 e. The number of carboxylic acid groups (broad SMARTS) is 1. The Morgan fingerprint density at radius 3 is 2.21 bits per heavy atom. The van der Waals surface area contributed by atoms with E-state index in [4.69, 9.17) is 4.74 Å². The summed E-state index contributed by atoms with van der Waals surface area (Å²) in [5.41, 5.74) is 1.92. The predicted molar refractivity (Wildman–Crippen MR) is 188 cm³/mol. The standard InChI is InChI=1S/C41H67NO5/c1-25(2)24-42-21-20-41-19-18-39(10)27(34(41)33(26(3)4)28(43)22-41)12-13-30-38(9)16-15-31(47-32(44)23-36(5,6)35(45)46)37(7,8)29(38)14-17-40(30,39)11/h25-27,29-31,42H,12-24H2,1-11H3,(H,45,46)/t27-,29-,30?,31+,38+,39-,40-,41-/m1/s1. The van der Waals surface area contributed by atoms with Gasteiger partial charge in [0.15, 0.2) is 5.78 Å². The van der Waals surface area contributed by atoms with Gasteiger partial charge >= 0.3 is 11.9 Å². The molecule has 2 N–H and O–H groups in total. The van der Waals surface area contributed by atoms with Gasteiger partial charge in [-0.2, -0.15) is 0 Å². The molecular weight excluding hydrogens is 586 g/mol. The lowest BCUT2D eigenvalue weighted by atomic mass is 9.33. The van der Waals surface area contributed by atoms with Gasteiger partial charge in [0, 0.05) is 17.3 Å². The van der Waals surface area contributed by atoms with E-state index in [0.717, 1.165) is 45.2 Å². The van der Waals surface area contributed by atoms with E-state index in [1.165, 1.54) is 31.3 Å². The number of carbonyl (C=O) groups is 3. The molecule has 1 unspecified atom stereocenters. The van der Waals surface area contributed by atoms with Crippen molar-refractivity contribution < 1.29 is 24.2 Å². The van der Waals surface area contributed by atoms with Gasteiger partial charge in [0.25, 0.3) is 0 Å². The molecule has 0 aromatic heterocycles. The molecule has 0 aromatic carbocycles. The quantitative estimate of drug-likeness (QED) is 0.181. The van der Waals surface area contributed by atoms with Crippen molar-refractivity contribution in [1.82, 2.24) is 5.32 Å². The maximum absolute atomic E-state index is 13.9. The highest BCUT2D eigenvalue weighted by Gasteiger charge is 2.70. The van der Waals surface area contributed by atoms with Crippen LogP contribution in [0.2, 0.25) is 0 Å². The van der Waals surface area contributed by atoms with Crippen LogP contribution in [0.1, 0.15) is 147 Å². The topological polar surface area (TPSA) is 92.7 Å². The highest BCUT2D eigenvalue weighted by atomic mass is 16.5. The van der Waals surface area contributed by atoms with Gasteiger partial charge in [-0.05, 0) is 136 Å². The van der Waals surface area contributed by atoms with Crippen molar-refractivity contribution in [2.75, 3.05) is 13.1 Å². The molecule has 0 saturated heterocycles. The third-order valence-corrected chi connectivity index (χ3v) is 15.3. The molecule has 0 heterocycles. The first-order valence-corrected chi connectivity index (χ1v) is 19.1. The normalized spacial score (nSPS) is 39.7. The van der Waals surface area contributed by atoms with Crippen LogP contribution in [0.15, 0.2) is 11.1 Å². The van der Waals surface area contributed by atoms with Crippen molar-refractivity contribution in [2.24, 2.45) is 62.1 Å². The molecule has 47 heavy (non-hydrogen) atoms. The summed E-state index contributed by atoms with van der Waals surface area (Å²) >= 11 is 0. The lowest BCUT2D eigenvalue weighted by Gasteiger charge is -2.72. The number of carboxylic acids is 1. The number of nitrogens with one attached hydrogen (secondary N) is 1. The van der Waals surface area contributed by atoms with E-state index in [1.807, 2.05) is 0 Å². The fraction of sp³-hybridized carbons (Fsp3) is 0.878. The Kier molecular flexibility index (Phi) is 9.55. The molecule has 4 saturated carbocycles. The fourth-order valence-corrected chi connectivity index (χ4v) is 12.6. The number of rotatable bonds is 10. The van der Waals surface area contributed by atoms with E-state index < -0.39 is 17.4 Å². The van der Waals surface area contributed by atoms with E-state index in [0.29, 0.717) is 35.9 Å². The van der Waals surface area contributed by atoms with E-state index in [2.05, 4.69) is 67.6 Å². The highest BCUT2D eigenvalue weighted by molar-refractivity contribution is 6.00. The number of carbonyl (C=O) groups excluding carboxylic acids is 2. The maximum atomic E-state index is 13.9. The Bertz CT molecular complexity index is 1290. The van der Waals surface area contributed by atoms with Gasteiger partial charge in [0.1, 0.15) is 6.10 Å². The molecule has 0 amide bonds. The second-order valence-corrected chi connectivity index (χ2v) is 19.5. The molecule has 0 aliphatic heterocycles. The second-order valence-electron chi connectivity index (χ2n) is 19.5. The summed E-state index contributed by atoms with van der Waals surface area (Å²) in [6, 6.07) is 0. The Morgan fingerprint density at radius 2 is 1.60 bits per heavy atom. The fourth-order valence-electron chi connectivity index (χ4n) is 12.6. The molecule has 5 aliphatic carbocycles. The molecular formula is C41H67NO5. The van der Waals surface area contributed by atoms with E-state index in [9.17, 15) is 19.5 Å². The molecule has 0 bridgehead atoms. The van der Waals surface area contributed by atoms with Crippen LogP contribution in [0.3, 0.4) is 0 Å². The van der Waals surface area contributed by atoms with Crippen LogP contribution >= 0.6 is 0 Å². The van der Waals surface area contributed by atoms with E-state index in [-0.39, 0.29) is 45.5 Å². The van der Waals surface area contributed by atoms with E-state index in [1.54, 1.807) is 19.4 Å². The summed E-state index contributed by atoms with van der Waals surface area (Å²) in [5.74, 6) is 1.43. The first-order chi connectivity index (χ1) is 21.7. The smallest absolute Gasteiger partial charge is 0.309 e. The number of esters is 1. The third-order valence-electron chi connectivity index (χ3n) is 15.3. The zero-order valence-corrected chi connectivity index (χ0v) is 31.7. The van der Waals surface area contributed by atoms with Crippen molar-refractivity contribution in [3.8, 4) is 0 Å². The lowest BCUT2D eigenvalue weighted by Crippen LogP contribution is -2.65. The van der Waals surface area contributed by atoms with Gasteiger partial charge in [-0.15, -0.1) is 0 Å². The molecule has 5 rings (SSSR count). The number of allylic oxidation sites excluding steroid dienone is 2. The summed E-state index contributed by atoms with van der Waals surface area (Å²) < 4.78 is 6.16. The van der Waals surface area contributed by atoms with Gasteiger partial charge in [-0.1, -0.05) is 67.9 Å². The van der Waals surface area contributed by atoms with Crippen molar-refractivity contribution in [1.29, 1.82) is 0 Å². The minimum atomic E-state index is -1.14. The predicted octanol–water partition coefficient (Wildman–Crippen LogP) is 9.02. The monoisotopic (exact) mass is 654 g/mol. The summed E-state index contributed by atoms with van der Waals surface area (Å²) in [4.78, 5) is 38.6. The van der Waals surface area contributed by atoms with Gasteiger partial charge in [-0.25, -0.2) is 0 Å². The first kappa shape index (κ1) is 36.6. The molecule has 6 heteroatoms. The molecule has 5 aliphatic rings. The average molecular weight is 654 g/mol. The van der Waals surface area contributed by atoms with Crippen molar-refractivity contribution in [3.63, 3.8) is 0 Å². The van der Waals surface area contributed by atoms with E-state index >= 15 is 0 Å². The number of ketones is 1. The van der Waals surface area contributed by atoms with Crippen LogP contribution in [-0.4, -0.2) is 42.0 Å². The first-order valence-electron chi connectivity index (χ1n) is 19.1. The Morgan fingerprint density at radius 1 is 0.915 bits per heavy atom. The van der Waals surface area contributed by atoms with Gasteiger partial charge in [-0.3, -0.25) is 14.4 Å². The number of Topliss-reactive ketones (excluding diaryl/α,β-unsaturated/α-hetero) is 1. The number of hydrogen-bond acceptors (Lipinski definition) is 5. The van der Waals surface area contributed by atoms with Gasteiger partial charge < -0.3 is 15.2 Å². The number of aliphatic carboxylic acids is 1. The Labute approximate surface area is 286 Å². The molecule has 0 radical (unpaired) electrons. The van der Waals surface area contributed by atoms with Crippen molar-refractivity contribution in [2.45, 2.75) is 153 Å². The number of hydrogen-bond donors (Lipinski definition) is 2. The molecule has 6 nitrogen and oxygen atoms in total. The summed E-state index contributed by atoms with van der Waals surface area (Å²) in [7, 11) is 0. The van der Waals surface area contributed by atoms with Crippen LogP contribution in [0, 0.1) is 62.1 Å². The van der Waals surface area contributed by atoms with Crippen molar-refractivity contribution >= 4 is 17.7 Å². The summed E-state index contributed by atoms with van der Waals surface area (Å²) in [6.07, 6.45) is 10.3. The van der Waals surface area contributed by atoms with Crippen LogP contribution in [-0.2, 0) is 19.1 Å². The van der Waals surface area contributed by atoms with Gasteiger partial charge in [0.2, 0.25) is 0 Å². The highest BCUT2D eigenvalue weighted by Crippen LogP contribution is 2.77. The largest absolute Gasteiger partial charge is 0.481 e. The second kappa shape index (κ2) is 12.3. The van der Waals surface area contributed by atoms with Crippen LogP contribution < -0.4 is 5.32 Å². The summed E-state index contributed by atoms with van der Waals surface area (Å²) in [5, 5.41) is 13.3. The average Bonchev–Trinajstić information content (AvgIpc) is 3.25. The molecule has 0 spiro atoms. The molecule has 4 fully saturated rings. The van der Waals surface area contributed by atoms with Crippen LogP contribution in [0.5, 0.6) is 0 Å².